The van der Waals surface area contributed by atoms with Gasteiger partial charge in [-0.2, -0.15) is 0 Å². The number of rotatable bonds is 5. The van der Waals surface area contributed by atoms with Crippen molar-refractivity contribution in [1.29, 1.82) is 0 Å². The molecule has 0 spiro atoms. The Kier molecular flexibility index (Phi) is 5.19. The molecule has 130 valence electrons. The number of nitrogens with one attached hydrogen (secondary N) is 2. The lowest BCUT2D eigenvalue weighted by Crippen LogP contribution is -2.51. The van der Waals surface area contributed by atoms with Gasteiger partial charge in [-0.1, -0.05) is 29.1 Å². The number of allylic oxidation sites excluding steroid dienone is 3. The Morgan fingerprint density at radius 2 is 2.44 bits per heavy atom. The minimum atomic E-state index is -0.436. The van der Waals surface area contributed by atoms with Crippen LogP contribution in [-0.2, 0) is 0 Å². The first-order valence-corrected chi connectivity index (χ1v) is 8.72. The van der Waals surface area contributed by atoms with Gasteiger partial charge in [-0.25, -0.2) is 9.37 Å². The molecule has 3 atom stereocenters. The minimum Gasteiger partial charge on any atom is -0.385 e. The molecule has 6 heteroatoms. The third-order valence-corrected chi connectivity index (χ3v) is 5.30. The first kappa shape index (κ1) is 18.0. The number of halogens is 3. The van der Waals surface area contributed by atoms with Crippen LogP contribution >= 0.6 is 23.2 Å². The van der Waals surface area contributed by atoms with E-state index in [1.807, 2.05) is 6.08 Å². The smallest absolute Gasteiger partial charge is 0.165 e. The Hall–Kier alpha value is -1.80. The first-order chi connectivity index (χ1) is 12.0. The molecule has 25 heavy (non-hydrogen) atoms. The summed E-state index contributed by atoms with van der Waals surface area (Å²) in [5, 5.41) is 7.31. The van der Waals surface area contributed by atoms with Gasteiger partial charge in [0.2, 0.25) is 0 Å². The molecule has 2 heterocycles. The van der Waals surface area contributed by atoms with E-state index in [2.05, 4.69) is 34.5 Å². The summed E-state index contributed by atoms with van der Waals surface area (Å²) >= 11 is 11.9. The normalized spacial score (nSPS) is 28.3. The predicted molar refractivity (Wildman–Crippen MR) is 99.8 cm³/mol. The van der Waals surface area contributed by atoms with Gasteiger partial charge in [0.1, 0.15) is 0 Å². The summed E-state index contributed by atoms with van der Waals surface area (Å²) in [6, 6.07) is 1.70. The molecule has 0 radical (unpaired) electrons. The highest BCUT2D eigenvalue weighted by atomic mass is 35.5. The van der Waals surface area contributed by atoms with Gasteiger partial charge < -0.3 is 10.6 Å². The predicted octanol–water partition coefficient (Wildman–Crippen LogP) is 3.74. The van der Waals surface area contributed by atoms with Crippen LogP contribution in [0.25, 0.3) is 0 Å². The lowest BCUT2D eigenvalue weighted by Gasteiger charge is -2.42. The SMILES string of the molecule is C#C/C=C\C(Cl)=C/CNC1=CC2(C)NCC(c3ccnc(Cl)c3F)C12. The lowest BCUT2D eigenvalue weighted by molar-refractivity contribution is 0.329. The van der Waals surface area contributed by atoms with Gasteiger partial charge in [-0.05, 0) is 42.9 Å². The Morgan fingerprint density at radius 3 is 3.20 bits per heavy atom. The van der Waals surface area contributed by atoms with Crippen molar-refractivity contribution in [3.8, 4) is 12.3 Å². The molecular formula is C19H18Cl2FN3. The van der Waals surface area contributed by atoms with Crippen molar-refractivity contribution in [1.82, 2.24) is 15.6 Å². The van der Waals surface area contributed by atoms with Crippen LogP contribution in [0.2, 0.25) is 5.15 Å². The molecule has 0 aromatic carbocycles. The number of aromatic nitrogens is 1. The summed E-state index contributed by atoms with van der Waals surface area (Å²) in [7, 11) is 0. The maximum atomic E-state index is 14.4. The van der Waals surface area contributed by atoms with E-state index in [0.29, 0.717) is 23.7 Å². The summed E-state index contributed by atoms with van der Waals surface area (Å²) < 4.78 is 14.4. The van der Waals surface area contributed by atoms with E-state index in [1.54, 1.807) is 24.4 Å². The second-order valence-electron chi connectivity index (χ2n) is 6.32. The number of nitrogens with zero attached hydrogens (tertiary/aromatic N) is 1. The quantitative estimate of drug-likeness (QED) is 0.466. The van der Waals surface area contributed by atoms with Gasteiger partial charge >= 0.3 is 0 Å². The van der Waals surface area contributed by atoms with Gasteiger partial charge in [0, 0.05) is 47.4 Å². The molecule has 0 saturated carbocycles. The zero-order valence-electron chi connectivity index (χ0n) is 13.7. The highest BCUT2D eigenvalue weighted by Gasteiger charge is 2.53. The summed E-state index contributed by atoms with van der Waals surface area (Å²) in [4.78, 5) is 3.80. The third-order valence-electron chi connectivity index (χ3n) is 4.76. The second-order valence-corrected chi connectivity index (χ2v) is 7.12. The molecule has 1 aromatic heterocycles. The highest BCUT2D eigenvalue weighted by Crippen LogP contribution is 2.50. The third kappa shape index (κ3) is 3.46. The maximum absolute atomic E-state index is 14.4. The van der Waals surface area contributed by atoms with Gasteiger partial charge in [0.05, 0.1) is 0 Å². The highest BCUT2D eigenvalue weighted by molar-refractivity contribution is 6.31. The van der Waals surface area contributed by atoms with E-state index in [1.165, 1.54) is 0 Å². The topological polar surface area (TPSA) is 37.0 Å². The van der Waals surface area contributed by atoms with Crippen LogP contribution in [0.5, 0.6) is 0 Å². The molecule has 3 nitrogen and oxygen atoms in total. The van der Waals surface area contributed by atoms with Crippen LogP contribution in [0.4, 0.5) is 4.39 Å². The molecule has 1 aliphatic carbocycles. The van der Waals surface area contributed by atoms with Crippen LogP contribution in [0.3, 0.4) is 0 Å². The number of terminal acetylenes is 1. The molecule has 0 bridgehead atoms. The fraction of sp³-hybridized carbons (Fsp3) is 0.316. The summed E-state index contributed by atoms with van der Waals surface area (Å²) in [5.41, 5.74) is 1.53. The molecule has 1 aliphatic heterocycles. The van der Waals surface area contributed by atoms with E-state index in [9.17, 15) is 4.39 Å². The molecule has 2 N–H and O–H groups in total. The molecule has 0 amide bonds. The fourth-order valence-corrected chi connectivity index (χ4v) is 3.91. The van der Waals surface area contributed by atoms with E-state index in [0.717, 1.165) is 5.70 Å². The number of hydrogen-bond acceptors (Lipinski definition) is 3. The van der Waals surface area contributed by atoms with Crippen molar-refractivity contribution >= 4 is 23.2 Å². The summed E-state index contributed by atoms with van der Waals surface area (Å²) in [6.07, 6.45) is 13.9. The average Bonchev–Trinajstić information content (AvgIpc) is 2.84. The first-order valence-electron chi connectivity index (χ1n) is 7.96. The fourth-order valence-electron chi connectivity index (χ4n) is 3.60. The van der Waals surface area contributed by atoms with Crippen molar-refractivity contribution in [2.45, 2.75) is 18.4 Å². The van der Waals surface area contributed by atoms with Crippen LogP contribution in [0.15, 0.2) is 47.3 Å². The van der Waals surface area contributed by atoms with Crippen molar-refractivity contribution in [3.05, 3.63) is 63.8 Å². The van der Waals surface area contributed by atoms with E-state index >= 15 is 0 Å². The maximum Gasteiger partial charge on any atom is 0.165 e. The van der Waals surface area contributed by atoms with Crippen LogP contribution in [0.1, 0.15) is 18.4 Å². The largest absolute Gasteiger partial charge is 0.385 e. The van der Waals surface area contributed by atoms with Crippen LogP contribution in [0, 0.1) is 24.1 Å². The van der Waals surface area contributed by atoms with Crippen molar-refractivity contribution in [2.24, 2.45) is 5.92 Å². The van der Waals surface area contributed by atoms with Gasteiger partial charge in [0.25, 0.3) is 0 Å². The molecule has 3 unspecified atom stereocenters. The summed E-state index contributed by atoms with van der Waals surface area (Å²) in [5.74, 6) is 2.10. The standard InChI is InChI=1S/C19H18Cl2FN3/c1-3-4-5-12(20)6-8-23-15-10-19(2)16(15)14(11-25-19)13-7-9-24-18(21)17(13)22/h1,4-7,9-10,14,16,23,25H,8,11H2,2H3/b5-4-,12-6+. The molecule has 2 aliphatic rings. The number of hydrogen-bond donors (Lipinski definition) is 2. The zero-order valence-corrected chi connectivity index (χ0v) is 15.2. The second kappa shape index (κ2) is 7.21. The summed E-state index contributed by atoms with van der Waals surface area (Å²) in [6.45, 7) is 3.36. The Balaban J connectivity index is 1.73. The number of fused-ring (bicyclic) bond motifs is 1. The van der Waals surface area contributed by atoms with Crippen LogP contribution in [-0.4, -0.2) is 23.6 Å². The van der Waals surface area contributed by atoms with Crippen molar-refractivity contribution in [3.63, 3.8) is 0 Å². The number of pyridine rings is 1. The monoisotopic (exact) mass is 377 g/mol. The molecule has 1 fully saturated rings. The Bertz CT molecular complexity index is 809. The van der Waals surface area contributed by atoms with E-state index < -0.39 is 5.82 Å². The zero-order chi connectivity index (χ0) is 18.0. The van der Waals surface area contributed by atoms with Crippen LogP contribution < -0.4 is 10.6 Å². The lowest BCUT2D eigenvalue weighted by atomic mass is 9.68. The van der Waals surface area contributed by atoms with Gasteiger partial charge in [-0.15, -0.1) is 6.42 Å². The van der Waals surface area contributed by atoms with E-state index in [4.69, 9.17) is 29.6 Å². The van der Waals surface area contributed by atoms with Gasteiger partial charge in [-0.3, -0.25) is 0 Å². The Morgan fingerprint density at radius 1 is 1.64 bits per heavy atom. The van der Waals surface area contributed by atoms with Gasteiger partial charge in [0.15, 0.2) is 11.0 Å². The molecular weight excluding hydrogens is 360 g/mol. The Labute approximate surface area is 157 Å². The average molecular weight is 378 g/mol. The van der Waals surface area contributed by atoms with E-state index in [-0.39, 0.29) is 22.5 Å². The molecule has 3 rings (SSSR count). The molecule has 1 saturated heterocycles. The van der Waals surface area contributed by atoms with Crippen molar-refractivity contribution in [2.75, 3.05) is 13.1 Å². The minimum absolute atomic E-state index is 0.00112. The molecule has 1 aromatic rings. The van der Waals surface area contributed by atoms with Crippen molar-refractivity contribution < 1.29 is 4.39 Å².